The van der Waals surface area contributed by atoms with E-state index in [1.165, 1.54) is 32.1 Å². The van der Waals surface area contributed by atoms with Crippen LogP contribution in [-0.4, -0.2) is 35.9 Å². The maximum atomic E-state index is 5.73. The normalized spacial score (nSPS) is 14.5. The molecule has 0 aliphatic carbocycles. The Bertz CT molecular complexity index is 711. The van der Waals surface area contributed by atoms with Crippen LogP contribution < -0.4 is 15.1 Å². The Morgan fingerprint density at radius 3 is 2.70 bits per heavy atom. The van der Waals surface area contributed by atoms with Crippen molar-refractivity contribution in [1.82, 2.24) is 9.97 Å². The van der Waals surface area contributed by atoms with Gasteiger partial charge in [0.2, 0.25) is 0 Å². The number of benzene rings is 1. The molecule has 0 radical (unpaired) electrons. The molecule has 1 saturated heterocycles. The molecule has 2 heterocycles. The van der Waals surface area contributed by atoms with E-state index in [1.807, 2.05) is 30.3 Å². The van der Waals surface area contributed by atoms with Crippen LogP contribution in [0.25, 0.3) is 0 Å². The van der Waals surface area contributed by atoms with Crippen molar-refractivity contribution in [2.75, 3.05) is 30.0 Å². The third-order valence-electron chi connectivity index (χ3n) is 4.62. The third kappa shape index (κ3) is 6.24. The minimum Gasteiger partial charge on any atom is -0.494 e. The fraction of sp³-hybridized carbons (Fsp3) is 0.476. The van der Waals surface area contributed by atoms with Crippen molar-refractivity contribution in [3.8, 4) is 5.75 Å². The van der Waals surface area contributed by atoms with Gasteiger partial charge in [-0.3, -0.25) is 5.43 Å². The number of unbranched alkanes of at least 4 members (excludes halogenated alkanes) is 2. The lowest BCUT2D eigenvalue weighted by atomic mass is 10.1. The smallest absolute Gasteiger partial charge is 0.151 e. The summed E-state index contributed by atoms with van der Waals surface area (Å²) in [4.78, 5) is 10.9. The van der Waals surface area contributed by atoms with Crippen molar-refractivity contribution in [2.45, 2.75) is 45.4 Å². The summed E-state index contributed by atoms with van der Waals surface area (Å²) in [5.74, 6) is 2.57. The van der Waals surface area contributed by atoms with Gasteiger partial charge >= 0.3 is 0 Å². The quantitative estimate of drug-likeness (QED) is 0.402. The second kappa shape index (κ2) is 10.5. The zero-order valence-corrected chi connectivity index (χ0v) is 16.1. The number of ether oxygens (including phenoxy) is 1. The van der Waals surface area contributed by atoms with E-state index in [9.17, 15) is 0 Å². The molecule has 1 aliphatic rings. The first-order chi connectivity index (χ1) is 13.3. The van der Waals surface area contributed by atoms with Crippen molar-refractivity contribution in [3.05, 3.63) is 42.2 Å². The number of nitrogens with zero attached hydrogens (tertiary/aromatic N) is 4. The van der Waals surface area contributed by atoms with Crippen molar-refractivity contribution >= 4 is 17.9 Å². The molecule has 1 N–H and O–H groups in total. The second-order valence-electron chi connectivity index (χ2n) is 6.80. The topological polar surface area (TPSA) is 62.6 Å². The van der Waals surface area contributed by atoms with E-state index in [-0.39, 0.29) is 0 Å². The van der Waals surface area contributed by atoms with Gasteiger partial charge in [-0.1, -0.05) is 19.8 Å². The molecule has 0 amide bonds. The molecule has 27 heavy (non-hydrogen) atoms. The van der Waals surface area contributed by atoms with Crippen LogP contribution in [0.2, 0.25) is 0 Å². The largest absolute Gasteiger partial charge is 0.494 e. The Labute approximate surface area is 161 Å². The average molecular weight is 367 g/mol. The predicted molar refractivity (Wildman–Crippen MR) is 111 cm³/mol. The van der Waals surface area contributed by atoms with Crippen LogP contribution in [0.5, 0.6) is 5.75 Å². The van der Waals surface area contributed by atoms with Gasteiger partial charge in [-0.25, -0.2) is 9.97 Å². The van der Waals surface area contributed by atoms with Crippen LogP contribution >= 0.6 is 0 Å². The van der Waals surface area contributed by atoms with Crippen LogP contribution in [0.3, 0.4) is 0 Å². The predicted octanol–water partition coefficient (Wildman–Crippen LogP) is 4.48. The van der Waals surface area contributed by atoms with Crippen molar-refractivity contribution in [3.63, 3.8) is 0 Å². The van der Waals surface area contributed by atoms with E-state index in [4.69, 9.17) is 4.74 Å². The molecule has 0 bridgehead atoms. The lowest BCUT2D eigenvalue weighted by Crippen LogP contribution is -2.30. The molecule has 144 valence electrons. The summed E-state index contributed by atoms with van der Waals surface area (Å²) in [5, 5.41) is 4.29. The number of piperidine rings is 1. The van der Waals surface area contributed by atoms with Crippen LogP contribution in [-0.2, 0) is 0 Å². The molecule has 0 unspecified atom stereocenters. The van der Waals surface area contributed by atoms with Gasteiger partial charge in [-0.15, -0.1) is 0 Å². The van der Waals surface area contributed by atoms with Crippen molar-refractivity contribution in [1.29, 1.82) is 0 Å². The Kier molecular flexibility index (Phi) is 7.45. The van der Waals surface area contributed by atoms with Gasteiger partial charge in [0.25, 0.3) is 0 Å². The van der Waals surface area contributed by atoms with E-state index in [0.717, 1.165) is 43.2 Å². The highest BCUT2D eigenvalue weighted by atomic mass is 16.5. The Morgan fingerprint density at radius 1 is 1.11 bits per heavy atom. The Hall–Kier alpha value is -2.63. The highest BCUT2D eigenvalue weighted by Crippen LogP contribution is 2.19. The zero-order chi connectivity index (χ0) is 18.7. The van der Waals surface area contributed by atoms with Crippen LogP contribution in [0.15, 0.2) is 41.8 Å². The van der Waals surface area contributed by atoms with Gasteiger partial charge in [0.05, 0.1) is 12.8 Å². The molecular formula is C21H29N5O. The van der Waals surface area contributed by atoms with E-state index in [1.54, 1.807) is 12.5 Å². The molecular weight excluding hydrogens is 338 g/mol. The van der Waals surface area contributed by atoms with Crippen LogP contribution in [0.1, 0.15) is 51.0 Å². The molecule has 1 aromatic heterocycles. The summed E-state index contributed by atoms with van der Waals surface area (Å²) in [6.07, 6.45) is 10.6. The molecule has 1 fully saturated rings. The van der Waals surface area contributed by atoms with Crippen LogP contribution in [0.4, 0.5) is 11.6 Å². The first-order valence-corrected chi connectivity index (χ1v) is 9.94. The fourth-order valence-corrected chi connectivity index (χ4v) is 3.07. The number of hydrogen-bond donors (Lipinski definition) is 1. The lowest BCUT2D eigenvalue weighted by Gasteiger charge is -2.27. The van der Waals surface area contributed by atoms with E-state index in [0.29, 0.717) is 5.82 Å². The number of hydrazone groups is 1. The summed E-state index contributed by atoms with van der Waals surface area (Å²) in [6.45, 7) is 5.09. The minimum absolute atomic E-state index is 0.706. The van der Waals surface area contributed by atoms with Crippen molar-refractivity contribution in [2.24, 2.45) is 5.10 Å². The zero-order valence-electron chi connectivity index (χ0n) is 16.1. The standard InChI is InChI=1S/C21H29N5O/c1-2-3-7-14-27-19-10-8-18(9-11-19)16-24-25-20-15-21(23-17-22-20)26-12-5-4-6-13-26/h8-11,15-17H,2-7,12-14H2,1H3,(H,22,23,25)/b24-16-. The minimum atomic E-state index is 0.706. The second-order valence-corrected chi connectivity index (χ2v) is 6.80. The molecule has 1 aromatic carbocycles. The monoisotopic (exact) mass is 367 g/mol. The number of nitrogens with one attached hydrogen (secondary N) is 1. The first-order valence-electron chi connectivity index (χ1n) is 9.94. The fourth-order valence-electron chi connectivity index (χ4n) is 3.07. The first kappa shape index (κ1) is 19.1. The molecule has 0 atom stereocenters. The molecule has 0 spiro atoms. The van der Waals surface area contributed by atoms with E-state index < -0.39 is 0 Å². The molecule has 3 rings (SSSR count). The Balaban J connectivity index is 1.50. The molecule has 2 aromatic rings. The molecule has 0 saturated carbocycles. The van der Waals surface area contributed by atoms with Crippen LogP contribution in [0, 0.1) is 0 Å². The number of aromatic nitrogens is 2. The molecule has 6 heteroatoms. The highest BCUT2D eigenvalue weighted by Gasteiger charge is 2.12. The maximum absolute atomic E-state index is 5.73. The van der Waals surface area contributed by atoms with Crippen molar-refractivity contribution < 1.29 is 4.74 Å². The third-order valence-corrected chi connectivity index (χ3v) is 4.62. The van der Waals surface area contributed by atoms with Gasteiger partial charge in [-0.2, -0.15) is 5.10 Å². The van der Waals surface area contributed by atoms with Gasteiger partial charge in [0, 0.05) is 19.2 Å². The summed E-state index contributed by atoms with van der Waals surface area (Å²) in [6, 6.07) is 9.91. The van der Waals surface area contributed by atoms with E-state index in [2.05, 4.69) is 32.3 Å². The highest BCUT2D eigenvalue weighted by molar-refractivity contribution is 5.80. The average Bonchev–Trinajstić information content (AvgIpc) is 2.73. The van der Waals surface area contributed by atoms with E-state index >= 15 is 0 Å². The number of rotatable bonds is 9. The molecule has 1 aliphatic heterocycles. The van der Waals surface area contributed by atoms with Gasteiger partial charge in [0.15, 0.2) is 5.82 Å². The summed E-state index contributed by atoms with van der Waals surface area (Å²) in [7, 11) is 0. The number of anilines is 2. The summed E-state index contributed by atoms with van der Waals surface area (Å²) in [5.41, 5.74) is 4.00. The summed E-state index contributed by atoms with van der Waals surface area (Å²) < 4.78 is 5.73. The molecule has 6 nitrogen and oxygen atoms in total. The number of hydrogen-bond acceptors (Lipinski definition) is 6. The summed E-state index contributed by atoms with van der Waals surface area (Å²) >= 11 is 0. The maximum Gasteiger partial charge on any atom is 0.151 e. The lowest BCUT2D eigenvalue weighted by molar-refractivity contribution is 0.306. The Morgan fingerprint density at radius 2 is 1.93 bits per heavy atom. The SMILES string of the molecule is CCCCCOc1ccc(/C=N\Nc2cc(N3CCCCC3)ncn2)cc1. The van der Waals surface area contributed by atoms with Gasteiger partial charge in [0.1, 0.15) is 17.9 Å². The van der Waals surface area contributed by atoms with Gasteiger partial charge < -0.3 is 9.64 Å². The van der Waals surface area contributed by atoms with Gasteiger partial charge in [-0.05, 0) is 55.5 Å².